The Bertz CT molecular complexity index is 863. The van der Waals surface area contributed by atoms with E-state index in [1.54, 1.807) is 18.2 Å². The largest absolute Gasteiger partial charge is 0.346 e. The van der Waals surface area contributed by atoms with Gasteiger partial charge < -0.3 is 5.32 Å². The van der Waals surface area contributed by atoms with Crippen LogP contribution >= 0.6 is 0 Å². The van der Waals surface area contributed by atoms with E-state index in [0.717, 1.165) is 11.1 Å². The second-order valence-corrected chi connectivity index (χ2v) is 7.94. The van der Waals surface area contributed by atoms with Crippen molar-refractivity contribution in [2.75, 3.05) is 17.1 Å². The monoisotopic (exact) mass is 344 g/mol. The van der Waals surface area contributed by atoms with Crippen molar-refractivity contribution in [2.45, 2.75) is 19.4 Å². The van der Waals surface area contributed by atoms with E-state index < -0.39 is 10.0 Å². The molecule has 0 spiro atoms. The average molecular weight is 344 g/mol. The predicted octanol–water partition coefficient (Wildman–Crippen LogP) is 2.50. The van der Waals surface area contributed by atoms with E-state index >= 15 is 0 Å². The van der Waals surface area contributed by atoms with Gasteiger partial charge in [0.1, 0.15) is 0 Å². The molecule has 24 heavy (non-hydrogen) atoms. The van der Waals surface area contributed by atoms with Crippen molar-refractivity contribution in [3.05, 3.63) is 65.2 Å². The molecule has 2 aromatic rings. The fourth-order valence-electron chi connectivity index (χ4n) is 2.96. The van der Waals surface area contributed by atoms with Crippen LogP contribution in [0, 0.1) is 0 Å². The summed E-state index contributed by atoms with van der Waals surface area (Å²) in [4.78, 5) is 12.5. The average Bonchev–Trinajstić information content (AvgIpc) is 2.98. The Labute approximate surface area is 142 Å². The number of carbonyl (C=O) groups excluding carboxylic acids is 1. The van der Waals surface area contributed by atoms with Crippen LogP contribution in [0.1, 0.15) is 34.5 Å². The first-order chi connectivity index (χ1) is 11.4. The molecule has 0 saturated heterocycles. The first-order valence-electron chi connectivity index (χ1n) is 7.83. The molecule has 6 heteroatoms. The number of nitrogens with zero attached hydrogens (tertiary/aromatic N) is 1. The minimum Gasteiger partial charge on any atom is -0.346 e. The lowest BCUT2D eigenvalue weighted by molar-refractivity contribution is 0.0940. The molecular weight excluding hydrogens is 324 g/mol. The molecule has 1 aliphatic rings. The van der Waals surface area contributed by atoms with Gasteiger partial charge in [-0.3, -0.25) is 9.10 Å². The summed E-state index contributed by atoms with van der Waals surface area (Å²) >= 11 is 0. The second-order valence-electron chi connectivity index (χ2n) is 6.03. The van der Waals surface area contributed by atoms with E-state index in [1.807, 2.05) is 37.3 Å². The highest BCUT2D eigenvalue weighted by Crippen LogP contribution is 2.30. The van der Waals surface area contributed by atoms with Crippen LogP contribution in [-0.4, -0.2) is 27.1 Å². The summed E-state index contributed by atoms with van der Waals surface area (Å²) in [7, 11) is -3.27. The summed E-state index contributed by atoms with van der Waals surface area (Å²) in [5, 5.41) is 2.97. The number of benzene rings is 2. The van der Waals surface area contributed by atoms with Gasteiger partial charge in [-0.2, -0.15) is 0 Å². The third kappa shape index (κ3) is 3.28. The maximum atomic E-state index is 12.5. The molecule has 0 aromatic heterocycles. The molecule has 1 heterocycles. The molecule has 5 nitrogen and oxygen atoms in total. The van der Waals surface area contributed by atoms with Gasteiger partial charge in [-0.1, -0.05) is 30.3 Å². The summed E-state index contributed by atoms with van der Waals surface area (Å²) in [6, 6.07) is 14.8. The first kappa shape index (κ1) is 16.5. The van der Waals surface area contributed by atoms with Gasteiger partial charge in [-0.25, -0.2) is 8.42 Å². The van der Waals surface area contributed by atoms with Gasteiger partial charge in [-0.05, 0) is 42.7 Å². The van der Waals surface area contributed by atoms with E-state index in [1.165, 1.54) is 10.6 Å². The Morgan fingerprint density at radius 3 is 2.54 bits per heavy atom. The van der Waals surface area contributed by atoms with Gasteiger partial charge in [0.05, 0.1) is 18.0 Å². The molecule has 0 radical (unpaired) electrons. The molecule has 0 bridgehead atoms. The van der Waals surface area contributed by atoms with Crippen molar-refractivity contribution < 1.29 is 13.2 Å². The molecule has 1 atom stereocenters. The minimum atomic E-state index is -3.27. The SMILES string of the molecule is CC(NC(=O)c1ccc2c(c1)CCN2S(C)(=O)=O)c1ccccc1. The lowest BCUT2D eigenvalue weighted by atomic mass is 10.1. The zero-order valence-corrected chi connectivity index (χ0v) is 14.5. The van der Waals surface area contributed by atoms with Crippen LogP contribution in [-0.2, 0) is 16.4 Å². The van der Waals surface area contributed by atoms with Crippen molar-refractivity contribution >= 4 is 21.6 Å². The van der Waals surface area contributed by atoms with Crippen LogP contribution in [0.2, 0.25) is 0 Å². The van der Waals surface area contributed by atoms with Crippen molar-refractivity contribution in [1.82, 2.24) is 5.32 Å². The van der Waals surface area contributed by atoms with Gasteiger partial charge in [-0.15, -0.1) is 0 Å². The summed E-state index contributed by atoms with van der Waals surface area (Å²) < 4.78 is 24.9. The Hall–Kier alpha value is -2.34. The number of sulfonamides is 1. The smallest absolute Gasteiger partial charge is 0.251 e. The molecule has 0 aliphatic carbocycles. The zero-order valence-electron chi connectivity index (χ0n) is 13.7. The Kier molecular flexibility index (Phi) is 4.32. The zero-order chi connectivity index (χ0) is 17.3. The Morgan fingerprint density at radius 2 is 1.88 bits per heavy atom. The molecule has 0 fully saturated rings. The van der Waals surface area contributed by atoms with Crippen LogP contribution in [0.4, 0.5) is 5.69 Å². The topological polar surface area (TPSA) is 66.5 Å². The van der Waals surface area contributed by atoms with E-state index in [0.29, 0.717) is 24.2 Å². The van der Waals surface area contributed by atoms with Gasteiger partial charge in [0.25, 0.3) is 5.91 Å². The lowest BCUT2D eigenvalue weighted by Crippen LogP contribution is -2.28. The number of hydrogen-bond acceptors (Lipinski definition) is 3. The highest BCUT2D eigenvalue weighted by Gasteiger charge is 2.26. The maximum Gasteiger partial charge on any atom is 0.251 e. The van der Waals surface area contributed by atoms with Gasteiger partial charge in [0, 0.05) is 12.1 Å². The van der Waals surface area contributed by atoms with Crippen LogP contribution < -0.4 is 9.62 Å². The highest BCUT2D eigenvalue weighted by atomic mass is 32.2. The lowest BCUT2D eigenvalue weighted by Gasteiger charge is -2.17. The third-order valence-electron chi connectivity index (χ3n) is 4.24. The van der Waals surface area contributed by atoms with Gasteiger partial charge >= 0.3 is 0 Å². The number of hydrogen-bond donors (Lipinski definition) is 1. The quantitative estimate of drug-likeness (QED) is 0.927. The van der Waals surface area contributed by atoms with Crippen LogP contribution in [0.5, 0.6) is 0 Å². The summed E-state index contributed by atoms with van der Waals surface area (Å²) in [5.74, 6) is -0.160. The molecule has 3 rings (SSSR count). The minimum absolute atomic E-state index is 0.0977. The molecule has 1 unspecified atom stereocenters. The molecule has 126 valence electrons. The predicted molar refractivity (Wildman–Crippen MR) is 94.7 cm³/mol. The summed E-state index contributed by atoms with van der Waals surface area (Å²) in [5.41, 5.74) is 3.15. The first-order valence-corrected chi connectivity index (χ1v) is 9.67. The number of anilines is 1. The van der Waals surface area contributed by atoms with Crippen LogP contribution in [0.3, 0.4) is 0 Å². The van der Waals surface area contributed by atoms with E-state index in [-0.39, 0.29) is 11.9 Å². The van der Waals surface area contributed by atoms with Crippen LogP contribution in [0.15, 0.2) is 48.5 Å². The number of nitrogens with one attached hydrogen (secondary N) is 1. The summed E-state index contributed by atoms with van der Waals surface area (Å²) in [6.45, 7) is 2.37. The number of amides is 1. The van der Waals surface area contributed by atoms with Crippen molar-refractivity contribution in [2.24, 2.45) is 0 Å². The third-order valence-corrected chi connectivity index (χ3v) is 5.42. The summed E-state index contributed by atoms with van der Waals surface area (Å²) in [6.07, 6.45) is 1.82. The number of rotatable bonds is 4. The fraction of sp³-hybridized carbons (Fsp3) is 0.278. The number of fused-ring (bicyclic) bond motifs is 1. The Balaban J connectivity index is 1.78. The van der Waals surface area contributed by atoms with Crippen LogP contribution in [0.25, 0.3) is 0 Å². The van der Waals surface area contributed by atoms with Crippen molar-refractivity contribution in [1.29, 1.82) is 0 Å². The molecule has 1 amide bonds. The fourth-order valence-corrected chi connectivity index (χ4v) is 3.92. The van der Waals surface area contributed by atoms with E-state index in [4.69, 9.17) is 0 Å². The second kappa shape index (κ2) is 6.28. The highest BCUT2D eigenvalue weighted by molar-refractivity contribution is 7.92. The van der Waals surface area contributed by atoms with Gasteiger partial charge in [0.15, 0.2) is 0 Å². The molecule has 1 aliphatic heterocycles. The maximum absolute atomic E-state index is 12.5. The molecule has 1 N–H and O–H groups in total. The standard InChI is InChI=1S/C18H20N2O3S/c1-13(14-6-4-3-5-7-14)19-18(21)16-8-9-17-15(12-16)10-11-20(17)24(2,22)23/h3-9,12-13H,10-11H2,1-2H3,(H,19,21). The Morgan fingerprint density at radius 1 is 1.17 bits per heavy atom. The molecule has 2 aromatic carbocycles. The number of carbonyl (C=O) groups is 1. The van der Waals surface area contributed by atoms with Crippen molar-refractivity contribution in [3.63, 3.8) is 0 Å². The molecular formula is C18H20N2O3S. The van der Waals surface area contributed by atoms with Gasteiger partial charge in [0.2, 0.25) is 10.0 Å². The normalized spacial score (nSPS) is 15.0. The van der Waals surface area contributed by atoms with E-state index in [2.05, 4.69) is 5.32 Å². The molecule has 0 saturated carbocycles. The van der Waals surface area contributed by atoms with E-state index in [9.17, 15) is 13.2 Å². The van der Waals surface area contributed by atoms with Crippen molar-refractivity contribution in [3.8, 4) is 0 Å².